The van der Waals surface area contributed by atoms with Crippen molar-refractivity contribution in [2.24, 2.45) is 4.40 Å². The molecule has 0 heterocycles. The minimum absolute atomic E-state index is 0.143. The number of isocyanates is 1. The van der Waals surface area contributed by atoms with Gasteiger partial charge in [-0.2, -0.15) is 8.42 Å². The van der Waals surface area contributed by atoms with E-state index in [0.717, 1.165) is 6.08 Å². The van der Waals surface area contributed by atoms with Crippen LogP contribution in [0.2, 0.25) is 0 Å². The number of Topliss-reactive ketones (excluding diaryl/α,β-unsaturated/α-hetero) is 1. The second-order valence-corrected chi connectivity index (χ2v) is 4.34. The van der Waals surface area contributed by atoms with Crippen LogP contribution in [0.25, 0.3) is 0 Å². The molecule has 1 rings (SSSR count). The molecule has 0 fully saturated rings. The third-order valence-electron chi connectivity index (χ3n) is 1.72. The minimum atomic E-state index is -3.96. The van der Waals surface area contributed by atoms with Crippen LogP contribution in [0.1, 0.15) is 17.3 Å². The van der Waals surface area contributed by atoms with E-state index < -0.39 is 10.0 Å². The van der Waals surface area contributed by atoms with Crippen molar-refractivity contribution in [1.82, 2.24) is 0 Å². The fraction of sp³-hybridized carbons (Fsp3) is 0.111. The molecule has 78 valence electrons. The van der Waals surface area contributed by atoms with E-state index in [-0.39, 0.29) is 10.7 Å². The highest BCUT2D eigenvalue weighted by molar-refractivity contribution is 7.90. The van der Waals surface area contributed by atoms with Crippen LogP contribution in [0.15, 0.2) is 33.6 Å². The molecular formula is C9H7NO4S. The molecule has 1 aromatic rings. The van der Waals surface area contributed by atoms with E-state index in [1.54, 1.807) is 0 Å². The number of rotatable bonds is 3. The van der Waals surface area contributed by atoms with Crippen LogP contribution in [0, 0.1) is 0 Å². The number of ketones is 1. The molecule has 0 aromatic heterocycles. The summed E-state index contributed by atoms with van der Waals surface area (Å²) in [5.41, 5.74) is 0.393. The summed E-state index contributed by atoms with van der Waals surface area (Å²) in [4.78, 5) is 20.6. The van der Waals surface area contributed by atoms with Gasteiger partial charge in [-0.1, -0.05) is 16.5 Å². The Balaban J connectivity index is 3.21. The molecule has 0 bridgehead atoms. The molecule has 0 aliphatic heterocycles. The molecule has 0 spiro atoms. The molecule has 0 radical (unpaired) electrons. The number of hydrogen-bond donors (Lipinski definition) is 0. The monoisotopic (exact) mass is 225 g/mol. The number of benzene rings is 1. The minimum Gasteiger partial charge on any atom is -0.295 e. The molecule has 1 aromatic carbocycles. The van der Waals surface area contributed by atoms with Crippen LogP contribution < -0.4 is 0 Å². The molecule has 0 aliphatic carbocycles. The van der Waals surface area contributed by atoms with Gasteiger partial charge in [0.25, 0.3) is 16.1 Å². The van der Waals surface area contributed by atoms with Gasteiger partial charge >= 0.3 is 0 Å². The predicted molar refractivity (Wildman–Crippen MR) is 51.8 cm³/mol. The lowest BCUT2D eigenvalue weighted by molar-refractivity contribution is 0.101. The van der Waals surface area contributed by atoms with Gasteiger partial charge in [-0.05, 0) is 19.1 Å². The molecule has 0 atom stereocenters. The zero-order chi connectivity index (χ0) is 11.5. The van der Waals surface area contributed by atoms with E-state index in [0.29, 0.717) is 5.56 Å². The van der Waals surface area contributed by atoms with Gasteiger partial charge in [0.2, 0.25) is 0 Å². The highest BCUT2D eigenvalue weighted by atomic mass is 32.2. The molecule has 0 amide bonds. The molecule has 5 nitrogen and oxygen atoms in total. The van der Waals surface area contributed by atoms with Gasteiger partial charge < -0.3 is 0 Å². The average Bonchev–Trinajstić information content (AvgIpc) is 2.18. The fourth-order valence-electron chi connectivity index (χ4n) is 0.963. The van der Waals surface area contributed by atoms with E-state index in [9.17, 15) is 18.0 Å². The molecule has 0 N–H and O–H groups in total. The Kier molecular flexibility index (Phi) is 3.14. The Morgan fingerprint density at radius 1 is 1.27 bits per heavy atom. The Hall–Kier alpha value is -1.78. The van der Waals surface area contributed by atoms with Crippen molar-refractivity contribution < 1.29 is 18.0 Å². The van der Waals surface area contributed by atoms with Crippen LogP contribution in [-0.2, 0) is 14.8 Å². The van der Waals surface area contributed by atoms with Crippen LogP contribution in [0.3, 0.4) is 0 Å². The van der Waals surface area contributed by atoms with Crippen LogP contribution in [0.4, 0.5) is 0 Å². The van der Waals surface area contributed by atoms with Gasteiger partial charge in [0, 0.05) is 5.56 Å². The predicted octanol–water partition coefficient (Wildman–Crippen LogP) is 0.914. The highest BCUT2D eigenvalue weighted by Crippen LogP contribution is 2.13. The molecule has 15 heavy (non-hydrogen) atoms. The Labute approximate surface area is 86.5 Å². The topological polar surface area (TPSA) is 80.6 Å². The number of hydrogen-bond acceptors (Lipinski definition) is 4. The van der Waals surface area contributed by atoms with Crippen molar-refractivity contribution in [3.05, 3.63) is 29.8 Å². The zero-order valence-electron chi connectivity index (χ0n) is 7.80. The second kappa shape index (κ2) is 4.16. The summed E-state index contributed by atoms with van der Waals surface area (Å²) in [5.74, 6) is -0.169. The molecular weight excluding hydrogens is 218 g/mol. The molecule has 0 aliphatic rings. The maximum absolute atomic E-state index is 11.2. The van der Waals surface area contributed by atoms with Crippen molar-refractivity contribution in [3.8, 4) is 0 Å². The maximum atomic E-state index is 11.2. The highest BCUT2D eigenvalue weighted by Gasteiger charge is 2.12. The van der Waals surface area contributed by atoms with Gasteiger partial charge in [-0.15, -0.1) is 0 Å². The molecule has 0 saturated carbocycles. The summed E-state index contributed by atoms with van der Waals surface area (Å²) >= 11 is 0. The number of nitrogens with zero attached hydrogens (tertiary/aromatic N) is 1. The van der Waals surface area contributed by atoms with Crippen LogP contribution in [-0.4, -0.2) is 20.3 Å². The Bertz CT molecular complexity index is 524. The molecule has 0 saturated heterocycles. The summed E-state index contributed by atoms with van der Waals surface area (Å²) in [6, 6.07) is 5.14. The quantitative estimate of drug-likeness (QED) is 0.435. The Morgan fingerprint density at radius 2 is 1.80 bits per heavy atom. The lowest BCUT2D eigenvalue weighted by Crippen LogP contribution is -1.98. The first kappa shape index (κ1) is 11.3. The van der Waals surface area contributed by atoms with Crippen molar-refractivity contribution in [2.75, 3.05) is 0 Å². The lowest BCUT2D eigenvalue weighted by atomic mass is 10.2. The van der Waals surface area contributed by atoms with Gasteiger partial charge in [-0.3, -0.25) is 4.79 Å². The van der Waals surface area contributed by atoms with E-state index in [1.807, 2.05) is 0 Å². The van der Waals surface area contributed by atoms with Crippen LogP contribution in [0.5, 0.6) is 0 Å². The Morgan fingerprint density at radius 3 is 2.20 bits per heavy atom. The summed E-state index contributed by atoms with van der Waals surface area (Å²) < 4.78 is 25.1. The maximum Gasteiger partial charge on any atom is 0.292 e. The zero-order valence-corrected chi connectivity index (χ0v) is 8.61. The number of carbonyl (C=O) groups is 1. The van der Waals surface area contributed by atoms with Gasteiger partial charge in [0.15, 0.2) is 5.78 Å². The third kappa shape index (κ3) is 2.59. The SMILES string of the molecule is CC(=O)c1ccc(S(=O)(=O)N=C=O)cc1. The first-order chi connectivity index (χ1) is 6.97. The van der Waals surface area contributed by atoms with E-state index in [1.165, 1.54) is 31.2 Å². The lowest BCUT2D eigenvalue weighted by Gasteiger charge is -1.97. The van der Waals surface area contributed by atoms with Crippen molar-refractivity contribution in [1.29, 1.82) is 0 Å². The molecule has 6 heteroatoms. The summed E-state index contributed by atoms with van der Waals surface area (Å²) in [6.07, 6.45) is 0.964. The summed E-state index contributed by atoms with van der Waals surface area (Å²) in [7, 11) is -3.96. The second-order valence-electron chi connectivity index (χ2n) is 2.74. The van der Waals surface area contributed by atoms with E-state index >= 15 is 0 Å². The van der Waals surface area contributed by atoms with Gasteiger partial charge in [0.05, 0.1) is 4.90 Å². The smallest absolute Gasteiger partial charge is 0.292 e. The first-order valence-electron chi connectivity index (χ1n) is 3.92. The van der Waals surface area contributed by atoms with Crippen molar-refractivity contribution in [3.63, 3.8) is 0 Å². The van der Waals surface area contributed by atoms with E-state index in [2.05, 4.69) is 4.40 Å². The summed E-state index contributed by atoms with van der Waals surface area (Å²) in [5, 5.41) is 0. The van der Waals surface area contributed by atoms with E-state index in [4.69, 9.17) is 0 Å². The first-order valence-corrected chi connectivity index (χ1v) is 5.36. The largest absolute Gasteiger partial charge is 0.295 e. The fourth-order valence-corrected chi connectivity index (χ4v) is 1.65. The number of carbonyl (C=O) groups excluding carboxylic acids is 2. The number of sulfonamides is 1. The van der Waals surface area contributed by atoms with Gasteiger partial charge in [-0.25, -0.2) is 4.79 Å². The van der Waals surface area contributed by atoms with Gasteiger partial charge in [0.1, 0.15) is 0 Å². The van der Waals surface area contributed by atoms with Crippen LogP contribution >= 0.6 is 0 Å². The van der Waals surface area contributed by atoms with Crippen molar-refractivity contribution in [2.45, 2.75) is 11.8 Å². The standard InChI is InChI=1S/C9H7NO4S/c1-7(12)8-2-4-9(5-3-8)15(13,14)10-6-11/h2-5H,1H3. The van der Waals surface area contributed by atoms with Crippen molar-refractivity contribution >= 4 is 21.9 Å². The third-order valence-corrected chi connectivity index (χ3v) is 2.90. The molecule has 0 unspecified atom stereocenters. The normalized spacial score (nSPS) is 10.5. The average molecular weight is 225 g/mol. The summed E-state index contributed by atoms with van der Waals surface area (Å²) in [6.45, 7) is 1.37.